The topological polar surface area (TPSA) is 122 Å². The molecule has 3 aromatic carbocycles. The molecule has 3 rings (SSSR count). The molecule has 0 heterocycles. The third-order valence-electron chi connectivity index (χ3n) is 5.47. The van der Waals surface area contributed by atoms with Gasteiger partial charge in [-0.3, -0.25) is 10.1 Å². The number of anilines is 1. The van der Waals surface area contributed by atoms with E-state index in [1.165, 1.54) is 13.2 Å². The molecule has 0 saturated heterocycles. The van der Waals surface area contributed by atoms with Crippen LogP contribution in [0.4, 0.5) is 34.1 Å². The Kier molecular flexibility index (Phi) is 8.93. The average molecular weight is 489 g/mol. The van der Waals surface area contributed by atoms with Crippen molar-refractivity contribution in [2.24, 2.45) is 20.5 Å². The van der Waals surface area contributed by atoms with E-state index in [0.717, 1.165) is 36.1 Å². The van der Waals surface area contributed by atoms with Crippen LogP contribution < -0.4 is 9.64 Å². The van der Waals surface area contributed by atoms with Gasteiger partial charge in [0, 0.05) is 37.8 Å². The Hall–Kier alpha value is -4.47. The molecule has 0 atom stereocenters. The first-order valence-electron chi connectivity index (χ1n) is 11.3. The molecule has 0 unspecified atom stereocenters. The minimum atomic E-state index is -0.476. The number of aldehydes is 1. The van der Waals surface area contributed by atoms with E-state index in [9.17, 15) is 14.9 Å². The molecule has 3 aromatic rings. The molecule has 0 amide bonds. The fourth-order valence-electron chi connectivity index (χ4n) is 3.41. The molecule has 0 aromatic heterocycles. The highest BCUT2D eigenvalue weighted by molar-refractivity contribution is 5.64. The number of nitro benzene ring substituents is 1. The van der Waals surface area contributed by atoms with Crippen LogP contribution >= 0.6 is 0 Å². The lowest BCUT2D eigenvalue weighted by molar-refractivity contribution is -0.384. The molecule has 0 aliphatic rings. The van der Waals surface area contributed by atoms with Gasteiger partial charge in [0.1, 0.15) is 17.7 Å². The van der Waals surface area contributed by atoms with E-state index in [4.69, 9.17) is 4.74 Å². The summed E-state index contributed by atoms with van der Waals surface area (Å²) in [5.74, 6) is 0.447. The fourth-order valence-corrected chi connectivity index (χ4v) is 3.41. The molecule has 0 aliphatic heterocycles. The predicted molar refractivity (Wildman–Crippen MR) is 139 cm³/mol. The van der Waals surface area contributed by atoms with Gasteiger partial charge in [0.15, 0.2) is 5.69 Å². The van der Waals surface area contributed by atoms with E-state index >= 15 is 0 Å². The maximum atomic E-state index is 11.3. The van der Waals surface area contributed by atoms with Gasteiger partial charge in [0.2, 0.25) is 0 Å². The minimum Gasteiger partial charge on any atom is -0.494 e. The maximum absolute atomic E-state index is 11.3. The molecule has 0 aliphatic carbocycles. The second kappa shape index (κ2) is 12.3. The van der Waals surface area contributed by atoms with Gasteiger partial charge in [-0.25, -0.2) is 0 Å². The van der Waals surface area contributed by atoms with Gasteiger partial charge in [-0.05, 0) is 67.8 Å². The monoisotopic (exact) mass is 488 g/mol. The summed E-state index contributed by atoms with van der Waals surface area (Å²) in [5, 5.41) is 28.3. The van der Waals surface area contributed by atoms with Crippen LogP contribution in [0.5, 0.6) is 5.75 Å². The van der Waals surface area contributed by atoms with E-state index in [1.54, 1.807) is 31.2 Å². The van der Waals surface area contributed by atoms with Crippen LogP contribution in [0.25, 0.3) is 0 Å². The molecule has 0 bridgehead atoms. The third-order valence-corrected chi connectivity index (χ3v) is 5.47. The molecule has 0 spiro atoms. The average Bonchev–Trinajstić information content (AvgIpc) is 2.87. The van der Waals surface area contributed by atoms with Crippen LogP contribution in [0.1, 0.15) is 24.0 Å². The molecule has 0 radical (unpaired) electrons. The maximum Gasteiger partial charge on any atom is 0.296 e. The molecule has 36 heavy (non-hydrogen) atoms. The first-order chi connectivity index (χ1) is 17.3. The normalized spacial score (nSPS) is 11.2. The number of methoxy groups -OCH3 is 1. The molecular formula is C26H28N6O4. The number of benzene rings is 3. The van der Waals surface area contributed by atoms with E-state index < -0.39 is 4.92 Å². The van der Waals surface area contributed by atoms with Gasteiger partial charge in [0.25, 0.3) is 5.69 Å². The second-order valence-electron chi connectivity index (χ2n) is 8.21. The van der Waals surface area contributed by atoms with E-state index in [2.05, 4.69) is 25.4 Å². The molecule has 10 nitrogen and oxygen atoms in total. The molecule has 186 valence electrons. The standard InChI is InChI=1S/C26H28N6O4/c1-18-7-12-22(25(15-18)32(34)35)28-29-23-17-26(36-4)24(16-19(23)2)30-27-20-8-10-21(11-9-20)31(3)13-5-6-14-33/h7-12,14-17H,5-6,13H2,1-4H3. The molecular weight excluding hydrogens is 460 g/mol. The van der Waals surface area contributed by atoms with Crippen molar-refractivity contribution in [3.05, 3.63) is 75.8 Å². The first-order valence-corrected chi connectivity index (χ1v) is 11.3. The summed E-state index contributed by atoms with van der Waals surface area (Å²) in [5.41, 5.74) is 4.32. The summed E-state index contributed by atoms with van der Waals surface area (Å²) in [6.45, 7) is 4.41. The molecule has 10 heteroatoms. The smallest absolute Gasteiger partial charge is 0.296 e. The van der Waals surface area contributed by atoms with Gasteiger partial charge >= 0.3 is 0 Å². The minimum absolute atomic E-state index is 0.105. The highest BCUT2D eigenvalue weighted by Gasteiger charge is 2.14. The highest BCUT2D eigenvalue weighted by atomic mass is 16.6. The van der Waals surface area contributed by atoms with Crippen LogP contribution in [0.3, 0.4) is 0 Å². The van der Waals surface area contributed by atoms with E-state index in [-0.39, 0.29) is 11.4 Å². The summed E-state index contributed by atoms with van der Waals surface area (Å²) >= 11 is 0. The summed E-state index contributed by atoms with van der Waals surface area (Å²) in [6.07, 6.45) is 2.28. The number of hydrogen-bond donors (Lipinski definition) is 0. The highest BCUT2D eigenvalue weighted by Crippen LogP contribution is 2.37. The van der Waals surface area contributed by atoms with Crippen LogP contribution in [0.15, 0.2) is 75.1 Å². The lowest BCUT2D eigenvalue weighted by Gasteiger charge is -2.18. The third kappa shape index (κ3) is 6.78. The van der Waals surface area contributed by atoms with Gasteiger partial charge in [-0.1, -0.05) is 6.07 Å². The fraction of sp³-hybridized carbons (Fsp3) is 0.269. The van der Waals surface area contributed by atoms with Crippen molar-refractivity contribution >= 4 is 40.4 Å². The Morgan fingerprint density at radius 1 is 0.944 bits per heavy atom. The number of hydrogen-bond acceptors (Lipinski definition) is 9. The van der Waals surface area contributed by atoms with Crippen molar-refractivity contribution in [3.8, 4) is 5.75 Å². The number of aryl methyl sites for hydroxylation is 2. The Morgan fingerprint density at radius 3 is 2.31 bits per heavy atom. The zero-order valence-electron chi connectivity index (χ0n) is 20.7. The first kappa shape index (κ1) is 26.1. The van der Waals surface area contributed by atoms with Crippen molar-refractivity contribution in [2.75, 3.05) is 25.6 Å². The Bertz CT molecular complexity index is 1290. The van der Waals surface area contributed by atoms with Crippen molar-refractivity contribution in [1.82, 2.24) is 0 Å². The number of ether oxygens (including phenoxy) is 1. The number of rotatable bonds is 11. The summed E-state index contributed by atoms with van der Waals surface area (Å²) in [4.78, 5) is 23.4. The van der Waals surface area contributed by atoms with Crippen molar-refractivity contribution in [2.45, 2.75) is 26.7 Å². The Balaban J connectivity index is 1.78. The summed E-state index contributed by atoms with van der Waals surface area (Å²) in [7, 11) is 3.50. The second-order valence-corrected chi connectivity index (χ2v) is 8.21. The van der Waals surface area contributed by atoms with Gasteiger partial charge in [0.05, 0.1) is 23.4 Å². The van der Waals surface area contributed by atoms with Crippen molar-refractivity contribution in [3.63, 3.8) is 0 Å². The number of unbranched alkanes of at least 4 members (excludes halogenated alkanes) is 1. The quantitative estimate of drug-likeness (QED) is 0.0911. The zero-order chi connectivity index (χ0) is 26.1. The number of nitrogens with zero attached hydrogens (tertiary/aromatic N) is 6. The van der Waals surface area contributed by atoms with Crippen LogP contribution in [0.2, 0.25) is 0 Å². The van der Waals surface area contributed by atoms with E-state index in [1.807, 2.05) is 38.2 Å². The molecule has 0 N–H and O–H groups in total. The number of carbonyl (C=O) groups excluding carboxylic acids is 1. The van der Waals surface area contributed by atoms with Gasteiger partial charge in [-0.2, -0.15) is 5.11 Å². The number of carbonyl (C=O) groups is 1. The number of nitro groups is 1. The Labute approximate surface area is 209 Å². The summed E-state index contributed by atoms with van der Waals surface area (Å²) in [6, 6.07) is 15.9. The van der Waals surface area contributed by atoms with Crippen molar-refractivity contribution < 1.29 is 14.5 Å². The summed E-state index contributed by atoms with van der Waals surface area (Å²) < 4.78 is 5.46. The van der Waals surface area contributed by atoms with Gasteiger partial charge < -0.3 is 14.4 Å². The van der Waals surface area contributed by atoms with Crippen LogP contribution in [0, 0.1) is 24.0 Å². The predicted octanol–water partition coefficient (Wildman–Crippen LogP) is 7.47. The Morgan fingerprint density at radius 2 is 1.64 bits per heavy atom. The lowest BCUT2D eigenvalue weighted by atomic mass is 10.1. The van der Waals surface area contributed by atoms with Crippen LogP contribution in [-0.2, 0) is 4.79 Å². The zero-order valence-corrected chi connectivity index (χ0v) is 20.7. The molecule has 0 fully saturated rings. The number of azo groups is 2. The largest absolute Gasteiger partial charge is 0.494 e. The van der Waals surface area contributed by atoms with Gasteiger partial charge in [-0.15, -0.1) is 15.3 Å². The molecule has 0 saturated carbocycles. The van der Waals surface area contributed by atoms with Crippen molar-refractivity contribution in [1.29, 1.82) is 0 Å². The van der Waals surface area contributed by atoms with E-state index in [0.29, 0.717) is 29.2 Å². The SMILES string of the molecule is COc1cc(N=Nc2ccc(C)cc2[N+](=O)[O-])c(C)cc1N=Nc1ccc(N(C)CCCC=O)cc1. The van der Waals surface area contributed by atoms with Crippen LogP contribution in [-0.4, -0.2) is 31.9 Å². The lowest BCUT2D eigenvalue weighted by Crippen LogP contribution is -2.18.